The Hall–Kier alpha value is -12.5. The van der Waals surface area contributed by atoms with Gasteiger partial charge in [0, 0.05) is 87.0 Å². The highest BCUT2D eigenvalue weighted by Crippen LogP contribution is 2.49. The third kappa shape index (κ3) is 6.76. The molecule has 424 valence electrons. The Morgan fingerprint density at radius 3 is 1.52 bits per heavy atom. The molecule has 0 atom stereocenters. The molecule has 0 aliphatic carbocycles. The zero-order chi connectivity index (χ0) is 59.9. The van der Waals surface area contributed by atoms with Gasteiger partial charge in [-0.1, -0.05) is 158 Å². The van der Waals surface area contributed by atoms with Crippen molar-refractivity contribution in [1.29, 1.82) is 0 Å². The van der Waals surface area contributed by atoms with Crippen molar-refractivity contribution in [3.8, 4) is 39.3 Å². The third-order valence-corrected chi connectivity index (χ3v) is 18.9. The lowest BCUT2D eigenvalue weighted by Gasteiger charge is -2.17. The standard InChI is InChI=1S/C81H43N3O7/c85-75-58-25-6-10-32-65(58)82(66-33-11-7-26-59(66)75)45-17-13-18-46(42-45)83-64-31-9-5-24-57(64)72-62(43-63-49-20-2-4-23-56(49)81(87)91-79(63)74(72)83)51-28-16-36-70-71(51)60-30-15-34-68(77(60)89-70)84-67-40-37-44(47-27-14-29-53-50-21-8-12-35-69(50)88-76(47)53)41-61(67)52-38-39-54-48-19-1-3-22-55(48)80(86)90-78(54)73(52)84/h1-43H. The summed E-state index contributed by atoms with van der Waals surface area (Å²) in [5.74, 6) is 0. The molecule has 91 heavy (non-hydrogen) atoms. The fourth-order valence-corrected chi connectivity index (χ4v) is 15.1. The van der Waals surface area contributed by atoms with E-state index in [1.54, 1.807) is 0 Å². The summed E-state index contributed by atoms with van der Waals surface area (Å²) in [7, 11) is 0. The smallest absolute Gasteiger partial charge is 0.344 e. The largest absolute Gasteiger partial charge is 0.455 e. The van der Waals surface area contributed by atoms with Crippen LogP contribution in [0.2, 0.25) is 0 Å². The first-order valence-corrected chi connectivity index (χ1v) is 30.3. The SMILES string of the molecule is O=c1oc2c(ccc3c4cc(-c5cccc6c5oc5ccccc56)ccc4n(-c4cccc5c4oc4cccc(-c6cc7c8ccccc8c(=O)oc7c7c6c6ccccc6n7-c6cccc(-n7c8ccccc8c(=O)c8ccccc87)c6)c45)c32)c2ccccc12. The number of hydrogen-bond acceptors (Lipinski definition) is 7. The fourth-order valence-electron chi connectivity index (χ4n) is 15.1. The van der Waals surface area contributed by atoms with Crippen molar-refractivity contribution in [2.45, 2.75) is 0 Å². The summed E-state index contributed by atoms with van der Waals surface area (Å²) in [6.45, 7) is 0. The minimum atomic E-state index is -0.436. The van der Waals surface area contributed by atoms with Crippen molar-refractivity contribution in [3.63, 3.8) is 0 Å². The lowest BCUT2D eigenvalue weighted by molar-refractivity contribution is 0.571. The monoisotopic (exact) mass is 1170 g/mol. The fraction of sp³-hybridized carbons (Fsp3) is 0. The summed E-state index contributed by atoms with van der Waals surface area (Å²) in [5, 5.41) is 12.9. The maximum atomic E-state index is 14.4. The molecule has 0 N–H and O–H groups in total. The molecule has 10 nitrogen and oxygen atoms in total. The Morgan fingerprint density at radius 1 is 0.253 bits per heavy atom. The van der Waals surface area contributed by atoms with Gasteiger partial charge in [0.05, 0.1) is 49.6 Å². The van der Waals surface area contributed by atoms with Crippen LogP contribution in [0.15, 0.2) is 293 Å². The maximum Gasteiger partial charge on any atom is 0.344 e. The molecule has 7 heterocycles. The number of para-hydroxylation sites is 6. The second-order valence-corrected chi connectivity index (χ2v) is 23.6. The van der Waals surface area contributed by atoms with Crippen LogP contribution in [0.5, 0.6) is 0 Å². The van der Waals surface area contributed by atoms with E-state index >= 15 is 0 Å². The normalized spacial score (nSPS) is 12.3. The topological polar surface area (TPSA) is 119 Å². The first-order chi connectivity index (χ1) is 44.9. The summed E-state index contributed by atoms with van der Waals surface area (Å²) >= 11 is 0. The van der Waals surface area contributed by atoms with Crippen LogP contribution in [-0.2, 0) is 0 Å². The number of fused-ring (bicyclic) bond motifs is 22. The van der Waals surface area contributed by atoms with E-state index in [1.807, 2.05) is 146 Å². The third-order valence-electron chi connectivity index (χ3n) is 18.9. The van der Waals surface area contributed by atoms with Gasteiger partial charge in [0.15, 0.2) is 22.2 Å². The molecule has 0 aliphatic rings. The Balaban J connectivity index is 0.867. The van der Waals surface area contributed by atoms with Gasteiger partial charge in [-0.3, -0.25) is 4.79 Å². The van der Waals surface area contributed by atoms with E-state index in [2.05, 4.69) is 129 Å². The number of rotatable bonds is 5. The van der Waals surface area contributed by atoms with Gasteiger partial charge in [-0.2, -0.15) is 0 Å². The first kappa shape index (κ1) is 49.6. The molecular weight excluding hydrogens is 1130 g/mol. The van der Waals surface area contributed by atoms with Gasteiger partial charge < -0.3 is 31.4 Å². The molecule has 0 spiro atoms. The maximum absolute atomic E-state index is 14.4. The minimum absolute atomic E-state index is 0.0219. The summed E-state index contributed by atoms with van der Waals surface area (Å²) in [4.78, 5) is 42.6. The van der Waals surface area contributed by atoms with Crippen LogP contribution >= 0.6 is 0 Å². The molecule has 0 fully saturated rings. The lowest BCUT2D eigenvalue weighted by Crippen LogP contribution is -2.10. The van der Waals surface area contributed by atoms with Gasteiger partial charge in [0.1, 0.15) is 16.7 Å². The van der Waals surface area contributed by atoms with Gasteiger partial charge in [-0.05, 0) is 125 Å². The molecule has 0 saturated carbocycles. The summed E-state index contributed by atoms with van der Waals surface area (Å²) in [6, 6.07) is 87.2. The molecule has 20 aromatic rings. The van der Waals surface area contributed by atoms with E-state index in [9.17, 15) is 14.4 Å². The molecule has 0 aliphatic heterocycles. The number of aromatic nitrogens is 3. The summed E-state index contributed by atoms with van der Waals surface area (Å²) in [5.41, 5.74) is 14.0. The molecule has 0 unspecified atom stereocenters. The zero-order valence-electron chi connectivity index (χ0n) is 48.0. The first-order valence-electron chi connectivity index (χ1n) is 30.3. The molecule has 13 aromatic carbocycles. The Labute approximate surface area is 512 Å². The molecule has 20 rings (SSSR count). The van der Waals surface area contributed by atoms with Crippen molar-refractivity contribution >= 4 is 153 Å². The average molecular weight is 1170 g/mol. The lowest BCUT2D eigenvalue weighted by atomic mass is 9.93. The summed E-state index contributed by atoms with van der Waals surface area (Å²) < 4.78 is 33.6. The number of furan rings is 2. The predicted molar refractivity (Wildman–Crippen MR) is 368 cm³/mol. The van der Waals surface area contributed by atoms with Crippen LogP contribution < -0.4 is 16.7 Å². The van der Waals surface area contributed by atoms with Gasteiger partial charge in [-0.25, -0.2) is 9.59 Å². The number of hydrogen-bond donors (Lipinski definition) is 0. The summed E-state index contributed by atoms with van der Waals surface area (Å²) in [6.07, 6.45) is 0. The van der Waals surface area contributed by atoms with Crippen LogP contribution in [-0.4, -0.2) is 13.7 Å². The van der Waals surface area contributed by atoms with E-state index in [0.29, 0.717) is 43.9 Å². The number of nitrogens with zero attached hydrogens (tertiary/aromatic N) is 3. The van der Waals surface area contributed by atoms with E-state index in [0.717, 1.165) is 148 Å². The van der Waals surface area contributed by atoms with Crippen LogP contribution in [0, 0.1) is 0 Å². The van der Waals surface area contributed by atoms with Crippen molar-refractivity contribution in [3.05, 3.63) is 292 Å². The molecule has 0 saturated heterocycles. The Morgan fingerprint density at radius 2 is 0.769 bits per heavy atom. The van der Waals surface area contributed by atoms with Gasteiger partial charge in [0.25, 0.3) is 0 Å². The van der Waals surface area contributed by atoms with E-state index < -0.39 is 11.3 Å². The van der Waals surface area contributed by atoms with Gasteiger partial charge in [-0.15, -0.1) is 0 Å². The second kappa shape index (κ2) is 18.3. The molecule has 0 radical (unpaired) electrons. The quantitative estimate of drug-likeness (QED) is 0.0956. The van der Waals surface area contributed by atoms with Crippen molar-refractivity contribution < 1.29 is 17.7 Å². The van der Waals surface area contributed by atoms with Crippen LogP contribution in [0.1, 0.15) is 0 Å². The van der Waals surface area contributed by atoms with Crippen molar-refractivity contribution in [2.24, 2.45) is 0 Å². The molecule has 10 heteroatoms. The Kier molecular flexibility index (Phi) is 9.95. The number of pyridine rings is 1. The van der Waals surface area contributed by atoms with E-state index in [1.165, 1.54) is 0 Å². The average Bonchev–Trinajstić information content (AvgIpc) is 1.61. The van der Waals surface area contributed by atoms with Gasteiger partial charge >= 0.3 is 11.3 Å². The second-order valence-electron chi connectivity index (χ2n) is 23.6. The van der Waals surface area contributed by atoms with E-state index in [-0.39, 0.29) is 5.43 Å². The highest BCUT2D eigenvalue weighted by molar-refractivity contribution is 6.29. The Bertz CT molecular complexity index is 6810. The number of benzene rings is 13. The molecule has 0 bridgehead atoms. The van der Waals surface area contributed by atoms with Gasteiger partial charge in [0.2, 0.25) is 0 Å². The van der Waals surface area contributed by atoms with Crippen LogP contribution in [0.4, 0.5) is 0 Å². The highest BCUT2D eigenvalue weighted by atomic mass is 16.4. The predicted octanol–water partition coefficient (Wildman–Crippen LogP) is 20.0. The molecule has 0 amide bonds. The van der Waals surface area contributed by atoms with E-state index in [4.69, 9.17) is 17.7 Å². The minimum Gasteiger partial charge on any atom is -0.455 e. The highest BCUT2D eigenvalue weighted by Gasteiger charge is 2.28. The van der Waals surface area contributed by atoms with Crippen molar-refractivity contribution in [1.82, 2.24) is 13.7 Å². The van der Waals surface area contributed by atoms with Crippen molar-refractivity contribution in [2.75, 3.05) is 0 Å². The van der Waals surface area contributed by atoms with Crippen LogP contribution in [0.3, 0.4) is 0 Å². The molecular formula is C81H43N3O7. The van der Waals surface area contributed by atoms with Crippen LogP contribution in [0.25, 0.3) is 192 Å². The molecule has 7 aromatic heterocycles. The zero-order valence-corrected chi connectivity index (χ0v) is 48.0.